The highest BCUT2D eigenvalue weighted by Crippen LogP contribution is 2.28. The molecule has 20 heteroatoms. The van der Waals surface area contributed by atoms with E-state index in [0.29, 0.717) is 48.0 Å². The van der Waals surface area contributed by atoms with Crippen LogP contribution in [0.4, 0.5) is 57.7 Å². The predicted octanol–water partition coefficient (Wildman–Crippen LogP) is 5.96. The first-order valence-corrected chi connectivity index (χ1v) is 25.1. The first-order chi connectivity index (χ1) is 32.2. The van der Waals surface area contributed by atoms with E-state index in [9.17, 15) is 16.8 Å². The van der Waals surface area contributed by atoms with Gasteiger partial charge in [0.2, 0.25) is 31.9 Å². The van der Waals surface area contributed by atoms with E-state index in [2.05, 4.69) is 91.9 Å². The molecule has 67 heavy (non-hydrogen) atoms. The van der Waals surface area contributed by atoms with E-state index in [1.807, 2.05) is 44.2 Å². The molecule has 2 aromatic heterocycles. The van der Waals surface area contributed by atoms with Crippen molar-refractivity contribution in [3.05, 3.63) is 121 Å². The summed E-state index contributed by atoms with van der Waals surface area (Å²) in [7, 11) is -2.21. The molecule has 0 radical (unpaired) electrons. The number of nitrogens with one attached hydrogen (secondary N) is 5. The molecule has 6 aromatic rings. The lowest BCUT2D eigenvalue weighted by atomic mass is 10.2. The highest BCUT2D eigenvalue weighted by atomic mass is 32.2. The number of rotatable bonds is 17. The molecule has 0 bridgehead atoms. The fourth-order valence-electron chi connectivity index (χ4n) is 7.77. The summed E-state index contributed by atoms with van der Waals surface area (Å²) < 4.78 is 56.0. The van der Waals surface area contributed by atoms with Gasteiger partial charge in [0.1, 0.15) is 11.6 Å². The first-order valence-electron chi connectivity index (χ1n) is 22.2. The summed E-state index contributed by atoms with van der Waals surface area (Å²) in [6.45, 7) is 12.0. The van der Waals surface area contributed by atoms with E-state index >= 15 is 0 Å². The molecule has 8 rings (SSSR count). The standard InChI is InChI=1S/C47H58N14O4S2/c1-34-32-49-46(55-44(34)51-38-8-6-10-42(30-38)66(62,63)48-3)54-37-14-18-41(19-15-37)61-28-24-59(25-29-61)23-22-58(5)67(64,65)43-11-7-9-39(31-43)52-45-35(2)33-50-47(56-45)53-36-12-16-40(17-13-36)60-26-20-57(4)21-27-60/h6-19,30-33,48H,20-29H2,1-5H3,(H2,49,51,54,55)(H2,50,52,53,56). The van der Waals surface area contributed by atoms with Gasteiger partial charge in [-0.3, -0.25) is 4.90 Å². The minimum absolute atomic E-state index is 0.148. The van der Waals surface area contributed by atoms with Gasteiger partial charge < -0.3 is 36.0 Å². The minimum atomic E-state index is -3.77. The molecule has 2 aliphatic rings. The third-order valence-electron chi connectivity index (χ3n) is 12.0. The molecule has 0 saturated carbocycles. The molecule has 4 aromatic carbocycles. The lowest BCUT2D eigenvalue weighted by molar-refractivity contribution is 0.244. The molecule has 2 aliphatic heterocycles. The van der Waals surface area contributed by atoms with Crippen molar-refractivity contribution in [1.82, 2.24) is 38.8 Å². The second-order valence-electron chi connectivity index (χ2n) is 16.8. The maximum absolute atomic E-state index is 13.8. The van der Waals surface area contributed by atoms with Gasteiger partial charge in [-0.2, -0.15) is 14.3 Å². The average Bonchev–Trinajstić information content (AvgIpc) is 3.34. The van der Waals surface area contributed by atoms with Gasteiger partial charge in [-0.15, -0.1) is 0 Å². The summed E-state index contributed by atoms with van der Waals surface area (Å²) in [5.41, 5.74) is 6.76. The number of hydrogen-bond donors (Lipinski definition) is 5. The SMILES string of the molecule is CNS(=O)(=O)c1cccc(Nc2nc(Nc3ccc(N4CCN(CCN(C)S(=O)(=O)c5cccc(Nc6nc(Nc7ccc(N8CCN(C)CC8)cc7)ncc6C)c5)CC4)cc3)ncc2C)c1. The van der Waals surface area contributed by atoms with Gasteiger partial charge in [0.05, 0.1) is 9.79 Å². The van der Waals surface area contributed by atoms with Crippen molar-refractivity contribution in [2.75, 3.05) is 118 Å². The summed E-state index contributed by atoms with van der Waals surface area (Å²) in [5.74, 6) is 1.95. The molecule has 352 valence electrons. The molecule has 2 fully saturated rings. The van der Waals surface area contributed by atoms with E-state index < -0.39 is 20.0 Å². The summed E-state index contributed by atoms with van der Waals surface area (Å²) >= 11 is 0. The van der Waals surface area contributed by atoms with Crippen molar-refractivity contribution in [3.8, 4) is 0 Å². The summed E-state index contributed by atoms with van der Waals surface area (Å²) in [5, 5.41) is 13.1. The Kier molecular flexibility index (Phi) is 14.5. The molecule has 5 N–H and O–H groups in total. The monoisotopic (exact) mass is 946 g/mol. The normalized spacial score (nSPS) is 15.1. The number of likely N-dealkylation sites (N-methyl/N-ethyl adjacent to an activating group) is 2. The first kappa shape index (κ1) is 47.1. The average molecular weight is 947 g/mol. The number of benzene rings is 4. The zero-order valence-electron chi connectivity index (χ0n) is 38.4. The molecule has 0 atom stereocenters. The Balaban J connectivity index is 0.806. The smallest absolute Gasteiger partial charge is 0.242 e. The van der Waals surface area contributed by atoms with Crippen LogP contribution < -0.4 is 35.8 Å². The second kappa shape index (κ2) is 20.6. The number of piperazine rings is 2. The Labute approximate surface area is 393 Å². The quantitative estimate of drug-likeness (QED) is 0.0718. The van der Waals surface area contributed by atoms with E-state index in [1.165, 1.54) is 23.1 Å². The minimum Gasteiger partial charge on any atom is -0.369 e. The van der Waals surface area contributed by atoms with E-state index in [-0.39, 0.29) is 9.79 Å². The van der Waals surface area contributed by atoms with E-state index in [1.54, 1.807) is 55.8 Å². The molecule has 18 nitrogen and oxygen atoms in total. The van der Waals surface area contributed by atoms with Crippen molar-refractivity contribution in [2.45, 2.75) is 23.6 Å². The highest BCUT2D eigenvalue weighted by Gasteiger charge is 2.24. The van der Waals surface area contributed by atoms with Crippen molar-refractivity contribution in [3.63, 3.8) is 0 Å². The number of aryl methyl sites for hydroxylation is 2. The fraction of sp³-hybridized carbons (Fsp3) is 0.319. The van der Waals surface area contributed by atoms with Crippen LogP contribution in [0, 0.1) is 13.8 Å². The largest absolute Gasteiger partial charge is 0.369 e. The lowest BCUT2D eigenvalue weighted by Gasteiger charge is -2.36. The van der Waals surface area contributed by atoms with Gasteiger partial charge in [0.25, 0.3) is 0 Å². The third kappa shape index (κ3) is 11.8. The van der Waals surface area contributed by atoms with Crippen molar-refractivity contribution < 1.29 is 16.8 Å². The van der Waals surface area contributed by atoms with E-state index in [4.69, 9.17) is 4.98 Å². The van der Waals surface area contributed by atoms with Crippen LogP contribution in [-0.2, 0) is 20.0 Å². The fourth-order valence-corrected chi connectivity index (χ4v) is 9.75. The lowest BCUT2D eigenvalue weighted by Crippen LogP contribution is -2.48. The van der Waals surface area contributed by atoms with Crippen molar-refractivity contribution in [2.24, 2.45) is 0 Å². The third-order valence-corrected chi connectivity index (χ3v) is 15.3. The maximum atomic E-state index is 13.8. The van der Waals surface area contributed by atoms with Gasteiger partial charge >= 0.3 is 0 Å². The Bertz CT molecular complexity index is 2870. The number of aromatic nitrogens is 4. The molecular weight excluding hydrogens is 889 g/mol. The van der Waals surface area contributed by atoms with Crippen LogP contribution in [0.2, 0.25) is 0 Å². The zero-order chi connectivity index (χ0) is 47.1. The topological polar surface area (TPSA) is 196 Å². The maximum Gasteiger partial charge on any atom is 0.242 e. The zero-order valence-corrected chi connectivity index (χ0v) is 40.1. The number of anilines is 10. The summed E-state index contributed by atoms with van der Waals surface area (Å²) in [6, 6.07) is 29.7. The van der Waals surface area contributed by atoms with Crippen LogP contribution in [-0.4, -0.2) is 137 Å². The highest BCUT2D eigenvalue weighted by molar-refractivity contribution is 7.89. The van der Waals surface area contributed by atoms with Crippen LogP contribution in [0.5, 0.6) is 0 Å². The molecule has 0 aliphatic carbocycles. The van der Waals surface area contributed by atoms with Crippen LogP contribution in [0.15, 0.2) is 119 Å². The Morgan fingerprint density at radius 2 is 1.04 bits per heavy atom. The Morgan fingerprint density at radius 3 is 1.54 bits per heavy atom. The second-order valence-corrected chi connectivity index (χ2v) is 20.7. The van der Waals surface area contributed by atoms with Gasteiger partial charge in [0.15, 0.2) is 0 Å². The molecule has 4 heterocycles. The van der Waals surface area contributed by atoms with Gasteiger partial charge in [-0.05, 0) is 113 Å². The van der Waals surface area contributed by atoms with Crippen LogP contribution >= 0.6 is 0 Å². The number of hydrogen-bond acceptors (Lipinski definition) is 16. The number of sulfonamides is 2. The molecule has 2 saturated heterocycles. The molecule has 0 spiro atoms. The Morgan fingerprint density at radius 1 is 0.582 bits per heavy atom. The summed E-state index contributed by atoms with van der Waals surface area (Å²) in [6.07, 6.45) is 3.44. The van der Waals surface area contributed by atoms with Crippen molar-refractivity contribution in [1.29, 1.82) is 0 Å². The van der Waals surface area contributed by atoms with Gasteiger partial charge in [-0.25, -0.2) is 31.5 Å². The van der Waals surface area contributed by atoms with Crippen LogP contribution in [0.1, 0.15) is 11.1 Å². The van der Waals surface area contributed by atoms with Crippen LogP contribution in [0.3, 0.4) is 0 Å². The molecular formula is C47H58N14O4S2. The number of nitrogens with zero attached hydrogens (tertiary/aromatic N) is 9. The van der Waals surface area contributed by atoms with Crippen LogP contribution in [0.25, 0.3) is 0 Å². The molecule has 0 amide bonds. The van der Waals surface area contributed by atoms with Gasteiger partial charge in [-0.1, -0.05) is 12.1 Å². The van der Waals surface area contributed by atoms with Crippen molar-refractivity contribution >= 4 is 77.7 Å². The Hall–Kier alpha value is -6.42. The van der Waals surface area contributed by atoms with Gasteiger partial charge in [0, 0.05) is 130 Å². The van der Waals surface area contributed by atoms with E-state index in [0.717, 1.165) is 80.5 Å². The molecule has 0 unspecified atom stereocenters. The predicted molar refractivity (Wildman–Crippen MR) is 267 cm³/mol. The summed E-state index contributed by atoms with van der Waals surface area (Å²) in [4.78, 5) is 28.0.